The van der Waals surface area contributed by atoms with Crippen molar-refractivity contribution in [1.29, 1.82) is 0 Å². The highest BCUT2D eigenvalue weighted by Crippen LogP contribution is 2.66. The summed E-state index contributed by atoms with van der Waals surface area (Å²) in [6, 6.07) is 0. The van der Waals surface area contributed by atoms with E-state index in [-0.39, 0.29) is 11.5 Å². The first-order valence-corrected chi connectivity index (χ1v) is 9.67. The van der Waals surface area contributed by atoms with E-state index in [1.807, 2.05) is 0 Å². The first-order chi connectivity index (χ1) is 11.3. The Balaban J connectivity index is 1.58. The van der Waals surface area contributed by atoms with Gasteiger partial charge in [-0.3, -0.25) is 4.79 Å². The monoisotopic (exact) mass is 335 g/mol. The van der Waals surface area contributed by atoms with Gasteiger partial charge in [0.1, 0.15) is 11.9 Å². The number of fused-ring (bicyclic) bond motifs is 5. The van der Waals surface area contributed by atoms with E-state index in [0.717, 1.165) is 51.4 Å². The lowest BCUT2D eigenvalue weighted by atomic mass is 9.45. The molecule has 0 aliphatic heterocycles. The van der Waals surface area contributed by atoms with Gasteiger partial charge in [0.25, 0.3) is 5.09 Å². The van der Waals surface area contributed by atoms with Crippen LogP contribution >= 0.6 is 0 Å². The molecule has 0 spiro atoms. The van der Waals surface area contributed by atoms with Gasteiger partial charge in [-0.15, -0.1) is 10.1 Å². The van der Waals surface area contributed by atoms with E-state index in [0.29, 0.717) is 34.9 Å². The van der Waals surface area contributed by atoms with Crippen LogP contribution in [0.1, 0.15) is 71.6 Å². The maximum absolute atomic E-state index is 11.9. The summed E-state index contributed by atoms with van der Waals surface area (Å²) in [5, 5.41) is 10.3. The SMILES string of the molecule is C[C@]12CCC3C(CC[C@H]4CC(=O)CC[C@]34C)C1CC[C@@H]2O[N+](=O)[O-]. The van der Waals surface area contributed by atoms with Crippen LogP contribution in [0.2, 0.25) is 0 Å². The molecule has 4 saturated carbocycles. The van der Waals surface area contributed by atoms with E-state index in [4.69, 9.17) is 4.84 Å². The van der Waals surface area contributed by atoms with Gasteiger partial charge in [0.2, 0.25) is 0 Å². The number of nitrogens with zero attached hydrogens (tertiary/aromatic N) is 1. The molecule has 0 aromatic heterocycles. The van der Waals surface area contributed by atoms with Crippen LogP contribution < -0.4 is 0 Å². The summed E-state index contributed by atoms with van der Waals surface area (Å²) >= 11 is 0. The lowest BCUT2D eigenvalue weighted by molar-refractivity contribution is -0.772. The zero-order valence-electron chi connectivity index (χ0n) is 14.8. The molecule has 4 aliphatic carbocycles. The lowest BCUT2D eigenvalue weighted by Crippen LogP contribution is -2.54. The minimum absolute atomic E-state index is 0.0398. The van der Waals surface area contributed by atoms with Gasteiger partial charge in [-0.2, -0.15) is 0 Å². The molecule has 0 amide bonds. The number of hydrogen-bond acceptors (Lipinski definition) is 4. The van der Waals surface area contributed by atoms with E-state index < -0.39 is 5.09 Å². The molecule has 3 unspecified atom stereocenters. The zero-order valence-corrected chi connectivity index (χ0v) is 14.8. The molecule has 0 N–H and O–H groups in total. The van der Waals surface area contributed by atoms with Crippen molar-refractivity contribution >= 4 is 5.78 Å². The number of Topliss-reactive ketones (excluding diaryl/α,β-unsaturated/α-hetero) is 1. The van der Waals surface area contributed by atoms with Crippen molar-refractivity contribution in [2.75, 3.05) is 0 Å². The third-order valence-electron chi connectivity index (χ3n) is 8.61. The zero-order chi connectivity index (χ0) is 17.1. The summed E-state index contributed by atoms with van der Waals surface area (Å²) in [4.78, 5) is 27.9. The summed E-state index contributed by atoms with van der Waals surface area (Å²) < 4.78 is 0. The molecule has 24 heavy (non-hydrogen) atoms. The highest BCUT2D eigenvalue weighted by molar-refractivity contribution is 5.79. The van der Waals surface area contributed by atoms with Crippen LogP contribution in [-0.2, 0) is 9.63 Å². The van der Waals surface area contributed by atoms with Crippen LogP contribution in [0.15, 0.2) is 0 Å². The Morgan fingerprint density at radius 3 is 2.54 bits per heavy atom. The smallest absolute Gasteiger partial charge is 0.294 e. The largest absolute Gasteiger partial charge is 0.310 e. The highest BCUT2D eigenvalue weighted by atomic mass is 17.0. The standard InChI is InChI=1S/C19H29NO4/c1-18-9-7-13(21)11-12(18)3-4-14-15-5-6-17(24-20(22)23)19(15,2)10-8-16(14)18/h12,14-17H,3-11H2,1-2H3/t12-,14?,15?,16?,17-,18-,19-/m0/s1. The quantitative estimate of drug-likeness (QED) is 0.561. The van der Waals surface area contributed by atoms with Crippen molar-refractivity contribution in [3.8, 4) is 0 Å². The maximum Gasteiger partial charge on any atom is 0.294 e. The molecule has 4 aliphatic rings. The number of carbonyl (C=O) groups is 1. The first kappa shape index (κ1) is 16.3. The third-order valence-corrected chi connectivity index (χ3v) is 8.61. The van der Waals surface area contributed by atoms with Crippen LogP contribution in [0.3, 0.4) is 0 Å². The Kier molecular flexibility index (Phi) is 3.70. The Hall–Kier alpha value is -1.13. The molecule has 0 bridgehead atoms. The second-order valence-corrected chi connectivity index (χ2v) is 9.34. The summed E-state index contributed by atoms with van der Waals surface area (Å²) in [7, 11) is 0. The molecular formula is C19H29NO4. The summed E-state index contributed by atoms with van der Waals surface area (Å²) in [6.07, 6.45) is 8.80. The van der Waals surface area contributed by atoms with Crippen molar-refractivity contribution in [2.24, 2.45) is 34.5 Å². The molecule has 5 nitrogen and oxygen atoms in total. The van der Waals surface area contributed by atoms with Crippen molar-refractivity contribution in [3.05, 3.63) is 10.1 Å². The van der Waals surface area contributed by atoms with Crippen molar-refractivity contribution in [1.82, 2.24) is 0 Å². The molecule has 0 heterocycles. The van der Waals surface area contributed by atoms with Gasteiger partial charge in [0.15, 0.2) is 0 Å². The van der Waals surface area contributed by atoms with E-state index in [1.54, 1.807) is 0 Å². The number of rotatable bonds is 2. The Bertz CT molecular complexity index is 564. The Labute approximate surface area is 143 Å². The van der Waals surface area contributed by atoms with Crippen LogP contribution in [0.5, 0.6) is 0 Å². The summed E-state index contributed by atoms with van der Waals surface area (Å²) in [5.41, 5.74) is 0.266. The van der Waals surface area contributed by atoms with Gasteiger partial charge in [-0.05, 0) is 79.4 Å². The fourth-order valence-corrected chi connectivity index (χ4v) is 7.27. The molecule has 0 aromatic rings. The van der Waals surface area contributed by atoms with Crippen molar-refractivity contribution < 1.29 is 14.7 Å². The van der Waals surface area contributed by atoms with Crippen molar-refractivity contribution in [2.45, 2.75) is 77.7 Å². The second kappa shape index (κ2) is 5.43. The maximum atomic E-state index is 11.9. The predicted molar refractivity (Wildman–Crippen MR) is 88.6 cm³/mol. The molecule has 0 radical (unpaired) electrons. The van der Waals surface area contributed by atoms with Crippen molar-refractivity contribution in [3.63, 3.8) is 0 Å². The van der Waals surface area contributed by atoms with E-state index >= 15 is 0 Å². The highest BCUT2D eigenvalue weighted by Gasteiger charge is 2.60. The average Bonchev–Trinajstić information content (AvgIpc) is 2.84. The minimum Gasteiger partial charge on any atom is -0.310 e. The number of carbonyl (C=O) groups excluding carboxylic acids is 1. The van der Waals surface area contributed by atoms with Gasteiger partial charge >= 0.3 is 0 Å². The van der Waals surface area contributed by atoms with Gasteiger partial charge in [0.05, 0.1) is 0 Å². The molecule has 5 heteroatoms. The van der Waals surface area contributed by atoms with E-state index in [9.17, 15) is 14.9 Å². The Morgan fingerprint density at radius 2 is 1.79 bits per heavy atom. The summed E-state index contributed by atoms with van der Waals surface area (Å²) in [6.45, 7) is 4.66. The topological polar surface area (TPSA) is 69.4 Å². The molecular weight excluding hydrogens is 306 g/mol. The van der Waals surface area contributed by atoms with Crippen LogP contribution in [0.4, 0.5) is 0 Å². The minimum atomic E-state index is -0.588. The molecule has 0 aromatic carbocycles. The normalized spacial score (nSPS) is 50.6. The van der Waals surface area contributed by atoms with Crippen LogP contribution in [-0.4, -0.2) is 17.0 Å². The molecule has 7 atom stereocenters. The van der Waals surface area contributed by atoms with Crippen LogP contribution in [0.25, 0.3) is 0 Å². The number of hydrogen-bond donors (Lipinski definition) is 0. The molecule has 0 saturated heterocycles. The third kappa shape index (κ3) is 2.22. The molecule has 4 rings (SSSR count). The fraction of sp³-hybridized carbons (Fsp3) is 0.947. The average molecular weight is 335 g/mol. The van der Waals surface area contributed by atoms with E-state index in [1.165, 1.54) is 6.42 Å². The second-order valence-electron chi connectivity index (χ2n) is 9.34. The number of ketones is 1. The van der Waals surface area contributed by atoms with Gasteiger partial charge < -0.3 is 4.84 Å². The van der Waals surface area contributed by atoms with E-state index in [2.05, 4.69) is 13.8 Å². The summed E-state index contributed by atoms with van der Waals surface area (Å²) in [5.74, 6) is 2.93. The van der Waals surface area contributed by atoms with Crippen LogP contribution in [0, 0.1) is 44.6 Å². The van der Waals surface area contributed by atoms with Gasteiger partial charge in [0, 0.05) is 12.8 Å². The predicted octanol–water partition coefficient (Wildman–Crippen LogP) is 4.18. The fourth-order valence-electron chi connectivity index (χ4n) is 7.27. The Morgan fingerprint density at radius 1 is 1.04 bits per heavy atom. The molecule has 4 fully saturated rings. The van der Waals surface area contributed by atoms with Gasteiger partial charge in [-0.1, -0.05) is 13.8 Å². The van der Waals surface area contributed by atoms with Gasteiger partial charge in [-0.25, -0.2) is 0 Å². The lowest BCUT2D eigenvalue weighted by Gasteiger charge is -2.60. The molecule has 134 valence electrons. The first-order valence-electron chi connectivity index (χ1n) is 9.67.